The topological polar surface area (TPSA) is 64.3 Å². The number of hydrogen-bond donors (Lipinski definition) is 1. The van der Waals surface area contributed by atoms with E-state index in [4.69, 9.17) is 10.5 Å². The number of nitrogens with zero attached hydrogens (tertiary/aromatic N) is 3. The molecule has 5 heteroatoms. The monoisotopic (exact) mass is 286 g/mol. The predicted molar refractivity (Wildman–Crippen MR) is 84.2 cm³/mol. The number of aromatic nitrogens is 2. The van der Waals surface area contributed by atoms with Crippen molar-refractivity contribution in [1.82, 2.24) is 9.97 Å². The minimum atomic E-state index is 0.0966. The van der Waals surface area contributed by atoms with Gasteiger partial charge in [-0.1, -0.05) is 24.3 Å². The summed E-state index contributed by atoms with van der Waals surface area (Å²) in [4.78, 5) is 10.7. The first kappa shape index (κ1) is 15.3. The maximum Gasteiger partial charge on any atom is 0.228 e. The Balaban J connectivity index is 2.10. The first-order chi connectivity index (χ1) is 10.1. The molecule has 0 fully saturated rings. The zero-order valence-electron chi connectivity index (χ0n) is 12.8. The molecule has 0 aliphatic heterocycles. The van der Waals surface area contributed by atoms with Gasteiger partial charge in [0.2, 0.25) is 11.8 Å². The average molecular weight is 286 g/mol. The molecule has 0 atom stereocenters. The fourth-order valence-corrected chi connectivity index (χ4v) is 2.02. The molecular weight excluding hydrogens is 264 g/mol. The van der Waals surface area contributed by atoms with Crippen LogP contribution in [0, 0.1) is 0 Å². The van der Waals surface area contributed by atoms with Crippen LogP contribution in [0.3, 0.4) is 0 Å². The summed E-state index contributed by atoms with van der Waals surface area (Å²) in [5.74, 6) is 1.24. The van der Waals surface area contributed by atoms with Crippen LogP contribution in [0.4, 0.5) is 5.95 Å². The van der Waals surface area contributed by atoms with Crippen LogP contribution in [0.15, 0.2) is 36.5 Å². The molecular formula is C16H22N4O. The minimum absolute atomic E-state index is 0.0966. The maximum atomic E-state index is 5.67. The molecule has 0 aliphatic rings. The average Bonchev–Trinajstić information content (AvgIpc) is 2.47. The molecule has 2 rings (SSSR count). The molecule has 0 bridgehead atoms. The minimum Gasteiger partial charge on any atom is -0.475 e. The van der Waals surface area contributed by atoms with Crippen molar-refractivity contribution in [2.75, 3.05) is 11.9 Å². The smallest absolute Gasteiger partial charge is 0.228 e. The number of nitrogens with two attached hydrogens (primary N) is 1. The Morgan fingerprint density at radius 2 is 2.00 bits per heavy atom. The molecule has 21 heavy (non-hydrogen) atoms. The second kappa shape index (κ2) is 7.04. The quantitative estimate of drug-likeness (QED) is 0.883. The van der Waals surface area contributed by atoms with Crippen LogP contribution in [0.25, 0.3) is 0 Å². The molecule has 0 radical (unpaired) electrons. The Bertz CT molecular complexity index is 586. The van der Waals surface area contributed by atoms with Gasteiger partial charge >= 0.3 is 0 Å². The van der Waals surface area contributed by atoms with E-state index in [0.29, 0.717) is 18.4 Å². The van der Waals surface area contributed by atoms with E-state index in [2.05, 4.69) is 22.1 Å². The van der Waals surface area contributed by atoms with Crippen molar-refractivity contribution in [3.63, 3.8) is 0 Å². The fourth-order valence-electron chi connectivity index (χ4n) is 2.02. The fraction of sp³-hybridized carbons (Fsp3) is 0.375. The lowest BCUT2D eigenvalue weighted by Crippen LogP contribution is -2.20. The van der Waals surface area contributed by atoms with Gasteiger partial charge in [-0.15, -0.1) is 0 Å². The van der Waals surface area contributed by atoms with Crippen LogP contribution < -0.4 is 15.4 Å². The first-order valence-electron chi connectivity index (χ1n) is 7.07. The third kappa shape index (κ3) is 4.43. The van der Waals surface area contributed by atoms with Crippen LogP contribution in [0.2, 0.25) is 0 Å². The highest BCUT2D eigenvalue weighted by Crippen LogP contribution is 2.15. The van der Waals surface area contributed by atoms with E-state index in [0.717, 1.165) is 12.1 Å². The van der Waals surface area contributed by atoms with Gasteiger partial charge in [0.15, 0.2) is 0 Å². The molecule has 2 N–H and O–H groups in total. The third-order valence-corrected chi connectivity index (χ3v) is 2.96. The second-order valence-electron chi connectivity index (χ2n) is 5.24. The predicted octanol–water partition coefficient (Wildman–Crippen LogP) is 2.36. The summed E-state index contributed by atoms with van der Waals surface area (Å²) in [6.07, 6.45) is 1.81. The van der Waals surface area contributed by atoms with Crippen molar-refractivity contribution in [3.8, 4) is 5.88 Å². The lowest BCUT2D eigenvalue weighted by molar-refractivity contribution is 0.232. The highest BCUT2D eigenvalue weighted by atomic mass is 16.5. The Morgan fingerprint density at radius 1 is 1.24 bits per heavy atom. The zero-order valence-corrected chi connectivity index (χ0v) is 12.8. The normalized spacial score (nSPS) is 10.7. The van der Waals surface area contributed by atoms with E-state index >= 15 is 0 Å². The molecule has 1 heterocycles. The van der Waals surface area contributed by atoms with Gasteiger partial charge in [-0.2, -0.15) is 4.98 Å². The van der Waals surface area contributed by atoms with Gasteiger partial charge < -0.3 is 15.4 Å². The van der Waals surface area contributed by atoms with Gasteiger partial charge in [0, 0.05) is 32.4 Å². The van der Waals surface area contributed by atoms with Crippen LogP contribution in [0.1, 0.15) is 25.0 Å². The third-order valence-electron chi connectivity index (χ3n) is 2.96. The summed E-state index contributed by atoms with van der Waals surface area (Å²) in [6, 6.07) is 9.99. The summed E-state index contributed by atoms with van der Waals surface area (Å²) in [5, 5.41) is 0. The lowest BCUT2D eigenvalue weighted by Gasteiger charge is -2.18. The highest BCUT2D eigenvalue weighted by Gasteiger charge is 2.08. The molecule has 0 amide bonds. The van der Waals surface area contributed by atoms with E-state index < -0.39 is 0 Å². The van der Waals surface area contributed by atoms with Crippen molar-refractivity contribution in [2.45, 2.75) is 33.0 Å². The zero-order chi connectivity index (χ0) is 15.2. The van der Waals surface area contributed by atoms with Crippen molar-refractivity contribution in [2.24, 2.45) is 5.73 Å². The maximum absolute atomic E-state index is 5.67. The molecule has 2 aromatic rings. The molecule has 1 aromatic carbocycles. The second-order valence-corrected chi connectivity index (χ2v) is 5.24. The van der Waals surface area contributed by atoms with Crippen LogP contribution in [-0.4, -0.2) is 23.1 Å². The van der Waals surface area contributed by atoms with E-state index in [1.165, 1.54) is 5.56 Å². The van der Waals surface area contributed by atoms with Crippen LogP contribution in [-0.2, 0) is 13.1 Å². The van der Waals surface area contributed by atoms with Gasteiger partial charge in [-0.05, 0) is 25.0 Å². The van der Waals surface area contributed by atoms with Gasteiger partial charge in [-0.25, -0.2) is 4.98 Å². The van der Waals surface area contributed by atoms with Gasteiger partial charge in [0.1, 0.15) is 0 Å². The molecule has 0 unspecified atom stereocenters. The molecule has 0 saturated heterocycles. The van der Waals surface area contributed by atoms with Gasteiger partial charge in [-0.3, -0.25) is 0 Å². The Hall–Kier alpha value is -2.14. The molecule has 1 aromatic heterocycles. The Kier molecular flexibility index (Phi) is 5.11. The first-order valence-corrected chi connectivity index (χ1v) is 7.07. The molecule has 0 saturated carbocycles. The summed E-state index contributed by atoms with van der Waals surface area (Å²) >= 11 is 0. The summed E-state index contributed by atoms with van der Waals surface area (Å²) in [6.45, 7) is 5.22. The summed E-state index contributed by atoms with van der Waals surface area (Å²) in [5.41, 5.74) is 7.98. The van der Waals surface area contributed by atoms with Crippen LogP contribution in [0.5, 0.6) is 5.88 Å². The Morgan fingerprint density at radius 3 is 2.71 bits per heavy atom. The van der Waals surface area contributed by atoms with Crippen molar-refractivity contribution in [3.05, 3.63) is 47.7 Å². The lowest BCUT2D eigenvalue weighted by atomic mass is 10.1. The van der Waals surface area contributed by atoms with E-state index in [1.807, 2.05) is 37.9 Å². The Labute approximate surface area is 125 Å². The number of anilines is 1. The van der Waals surface area contributed by atoms with Gasteiger partial charge in [0.05, 0.1) is 6.10 Å². The van der Waals surface area contributed by atoms with Gasteiger partial charge in [0.25, 0.3) is 0 Å². The SMILES string of the molecule is CC(C)Oc1ccnc(N(C)Cc2cccc(CN)c2)n1. The van der Waals surface area contributed by atoms with Crippen molar-refractivity contribution < 1.29 is 4.74 Å². The molecule has 112 valence electrons. The standard InChI is InChI=1S/C16H22N4O/c1-12(2)21-15-7-8-18-16(19-15)20(3)11-14-6-4-5-13(9-14)10-17/h4-9,12H,10-11,17H2,1-3H3. The van der Waals surface area contributed by atoms with E-state index in [1.54, 1.807) is 12.3 Å². The molecule has 0 spiro atoms. The van der Waals surface area contributed by atoms with E-state index in [9.17, 15) is 0 Å². The largest absolute Gasteiger partial charge is 0.475 e. The molecule has 0 aliphatic carbocycles. The summed E-state index contributed by atoms with van der Waals surface area (Å²) in [7, 11) is 1.96. The van der Waals surface area contributed by atoms with Crippen molar-refractivity contribution >= 4 is 5.95 Å². The summed E-state index contributed by atoms with van der Waals surface area (Å²) < 4.78 is 5.60. The van der Waals surface area contributed by atoms with Crippen molar-refractivity contribution in [1.29, 1.82) is 0 Å². The van der Waals surface area contributed by atoms with Crippen LogP contribution >= 0.6 is 0 Å². The van der Waals surface area contributed by atoms with E-state index in [-0.39, 0.29) is 6.10 Å². The number of ether oxygens (including phenoxy) is 1. The number of hydrogen-bond acceptors (Lipinski definition) is 5. The number of benzene rings is 1. The number of rotatable bonds is 6. The molecule has 5 nitrogen and oxygen atoms in total. The highest BCUT2D eigenvalue weighted by molar-refractivity contribution is 5.34.